The molecule has 2 aromatic carbocycles. The van der Waals surface area contributed by atoms with Gasteiger partial charge < -0.3 is 16.0 Å². The molecule has 0 spiro atoms. The second-order valence-electron chi connectivity index (χ2n) is 7.75. The third kappa shape index (κ3) is 3.57. The standard InChI is InChI=1S/C22H24N8/c1-14-9-16(11-18-20(14)27-28-21(18)23)22-26-19(12-25-29-22)30-8-7-24-17(13-30)10-15-5-3-2-4-6-15/h2-6,9,11-12,17,24H,7-8,10,13H2,1H3,(H3,23,27,28)/t17-/m0/s1. The number of fused-ring (bicyclic) bond motifs is 1. The van der Waals surface area contributed by atoms with Gasteiger partial charge in [-0.15, -0.1) is 5.10 Å². The van der Waals surface area contributed by atoms with Gasteiger partial charge in [0.2, 0.25) is 0 Å². The second kappa shape index (κ2) is 7.72. The van der Waals surface area contributed by atoms with E-state index in [1.54, 1.807) is 6.20 Å². The van der Waals surface area contributed by atoms with Gasteiger partial charge in [0.25, 0.3) is 0 Å². The first-order valence-electron chi connectivity index (χ1n) is 10.1. The lowest BCUT2D eigenvalue weighted by atomic mass is 10.0. The van der Waals surface area contributed by atoms with Crippen molar-refractivity contribution < 1.29 is 0 Å². The Hall–Kier alpha value is -3.52. The van der Waals surface area contributed by atoms with Crippen LogP contribution in [0, 0.1) is 6.92 Å². The number of piperazine rings is 1. The Bertz CT molecular complexity index is 1170. The summed E-state index contributed by atoms with van der Waals surface area (Å²) in [5, 5.41) is 20.1. The van der Waals surface area contributed by atoms with E-state index in [9.17, 15) is 0 Å². The van der Waals surface area contributed by atoms with Crippen molar-refractivity contribution >= 4 is 22.5 Å². The summed E-state index contributed by atoms with van der Waals surface area (Å²) in [4.78, 5) is 7.10. The highest BCUT2D eigenvalue weighted by Gasteiger charge is 2.21. The van der Waals surface area contributed by atoms with Gasteiger partial charge in [0.15, 0.2) is 17.5 Å². The zero-order valence-electron chi connectivity index (χ0n) is 16.8. The molecule has 152 valence electrons. The van der Waals surface area contributed by atoms with Crippen LogP contribution < -0.4 is 16.0 Å². The van der Waals surface area contributed by atoms with Crippen molar-refractivity contribution in [1.29, 1.82) is 0 Å². The molecule has 3 heterocycles. The number of hydrogen-bond acceptors (Lipinski definition) is 7. The Kier molecular flexibility index (Phi) is 4.76. The molecular weight excluding hydrogens is 376 g/mol. The molecule has 8 heteroatoms. The summed E-state index contributed by atoms with van der Waals surface area (Å²) in [6.45, 7) is 4.69. The van der Waals surface area contributed by atoms with Crippen LogP contribution in [0.2, 0.25) is 0 Å². The lowest BCUT2D eigenvalue weighted by molar-refractivity contribution is 0.452. The number of nitrogen functional groups attached to an aromatic ring is 1. The fourth-order valence-electron chi connectivity index (χ4n) is 4.08. The summed E-state index contributed by atoms with van der Waals surface area (Å²) < 4.78 is 0. The van der Waals surface area contributed by atoms with Crippen molar-refractivity contribution in [3.8, 4) is 11.4 Å². The van der Waals surface area contributed by atoms with Gasteiger partial charge in [-0.3, -0.25) is 5.10 Å². The Morgan fingerprint density at radius 1 is 1.20 bits per heavy atom. The van der Waals surface area contributed by atoms with Gasteiger partial charge in [0, 0.05) is 36.6 Å². The van der Waals surface area contributed by atoms with Crippen LogP contribution in [0.3, 0.4) is 0 Å². The number of nitrogens with two attached hydrogens (primary N) is 1. The van der Waals surface area contributed by atoms with Crippen LogP contribution in [0.15, 0.2) is 48.7 Å². The van der Waals surface area contributed by atoms with Gasteiger partial charge in [-0.1, -0.05) is 30.3 Å². The number of anilines is 2. The minimum atomic E-state index is 0.365. The van der Waals surface area contributed by atoms with E-state index in [4.69, 9.17) is 10.7 Å². The summed E-state index contributed by atoms with van der Waals surface area (Å²) in [6.07, 6.45) is 2.73. The van der Waals surface area contributed by atoms with Crippen LogP contribution in [0.1, 0.15) is 11.1 Å². The van der Waals surface area contributed by atoms with Crippen LogP contribution in [0.5, 0.6) is 0 Å². The summed E-state index contributed by atoms with van der Waals surface area (Å²) in [6, 6.07) is 14.9. The first-order chi connectivity index (χ1) is 14.7. The van der Waals surface area contributed by atoms with Crippen molar-refractivity contribution in [1.82, 2.24) is 30.7 Å². The number of aryl methyl sites for hydroxylation is 1. The maximum Gasteiger partial charge on any atom is 0.183 e. The van der Waals surface area contributed by atoms with Gasteiger partial charge in [0.1, 0.15) is 0 Å². The smallest absolute Gasteiger partial charge is 0.183 e. The Morgan fingerprint density at radius 2 is 2.07 bits per heavy atom. The minimum absolute atomic E-state index is 0.365. The maximum absolute atomic E-state index is 6.00. The lowest BCUT2D eigenvalue weighted by Crippen LogP contribution is -2.52. The summed E-state index contributed by atoms with van der Waals surface area (Å²) in [5.41, 5.74) is 10.2. The van der Waals surface area contributed by atoms with Gasteiger partial charge >= 0.3 is 0 Å². The van der Waals surface area contributed by atoms with Crippen molar-refractivity contribution in [2.45, 2.75) is 19.4 Å². The topological polar surface area (TPSA) is 109 Å². The summed E-state index contributed by atoms with van der Waals surface area (Å²) in [5.74, 6) is 1.92. The van der Waals surface area contributed by atoms with E-state index < -0.39 is 0 Å². The van der Waals surface area contributed by atoms with Crippen molar-refractivity contribution in [2.75, 3.05) is 30.3 Å². The molecule has 2 aromatic heterocycles. The monoisotopic (exact) mass is 400 g/mol. The average Bonchev–Trinajstić information content (AvgIpc) is 3.16. The maximum atomic E-state index is 6.00. The van der Waals surface area contributed by atoms with Gasteiger partial charge in [0.05, 0.1) is 11.7 Å². The lowest BCUT2D eigenvalue weighted by Gasteiger charge is -2.34. The number of benzene rings is 2. The van der Waals surface area contributed by atoms with Gasteiger partial charge in [-0.2, -0.15) is 10.2 Å². The number of rotatable bonds is 4. The van der Waals surface area contributed by atoms with Crippen LogP contribution >= 0.6 is 0 Å². The van der Waals surface area contributed by atoms with E-state index >= 15 is 0 Å². The predicted octanol–water partition coefficient (Wildman–Crippen LogP) is 2.33. The van der Waals surface area contributed by atoms with Crippen LogP contribution in [0.4, 0.5) is 11.6 Å². The van der Waals surface area contributed by atoms with E-state index in [0.717, 1.165) is 53.9 Å². The van der Waals surface area contributed by atoms with E-state index in [1.807, 2.05) is 19.1 Å². The van der Waals surface area contributed by atoms with E-state index in [-0.39, 0.29) is 0 Å². The first kappa shape index (κ1) is 18.5. The quantitative estimate of drug-likeness (QED) is 0.482. The minimum Gasteiger partial charge on any atom is -0.382 e. The summed E-state index contributed by atoms with van der Waals surface area (Å²) >= 11 is 0. The molecule has 0 unspecified atom stereocenters. The molecule has 30 heavy (non-hydrogen) atoms. The molecule has 1 aliphatic heterocycles. The average molecular weight is 400 g/mol. The molecule has 4 N–H and O–H groups in total. The van der Waals surface area contributed by atoms with E-state index in [2.05, 4.69) is 60.9 Å². The van der Waals surface area contributed by atoms with Crippen LogP contribution in [0.25, 0.3) is 22.3 Å². The molecule has 5 rings (SSSR count). The number of hydrogen-bond donors (Lipinski definition) is 3. The third-order valence-corrected chi connectivity index (χ3v) is 5.61. The molecule has 0 bridgehead atoms. The van der Waals surface area contributed by atoms with Gasteiger partial charge in [-0.05, 0) is 36.6 Å². The fraction of sp³-hybridized carbons (Fsp3) is 0.273. The molecule has 0 saturated carbocycles. The third-order valence-electron chi connectivity index (χ3n) is 5.61. The Morgan fingerprint density at radius 3 is 2.93 bits per heavy atom. The first-order valence-corrected chi connectivity index (χ1v) is 10.1. The van der Waals surface area contributed by atoms with Crippen LogP contribution in [-0.2, 0) is 6.42 Å². The molecule has 4 aromatic rings. The number of aromatic nitrogens is 5. The van der Waals surface area contributed by atoms with Crippen molar-refractivity contribution in [3.05, 3.63) is 59.8 Å². The molecule has 1 saturated heterocycles. The molecule has 0 radical (unpaired) electrons. The highest BCUT2D eigenvalue weighted by molar-refractivity contribution is 5.93. The number of nitrogens with one attached hydrogen (secondary N) is 2. The number of H-pyrrole nitrogens is 1. The normalized spacial score (nSPS) is 16.8. The van der Waals surface area contributed by atoms with E-state index in [1.165, 1.54) is 5.56 Å². The largest absolute Gasteiger partial charge is 0.382 e. The van der Waals surface area contributed by atoms with Crippen molar-refractivity contribution in [3.63, 3.8) is 0 Å². The SMILES string of the molecule is Cc1cc(-c2nncc(N3CCN[C@@H](Cc4ccccc4)C3)n2)cc2c(N)n[nH]c12. The van der Waals surface area contributed by atoms with Gasteiger partial charge in [-0.25, -0.2) is 4.98 Å². The van der Waals surface area contributed by atoms with Crippen molar-refractivity contribution in [2.24, 2.45) is 0 Å². The van der Waals surface area contributed by atoms with Crippen LogP contribution in [-0.4, -0.2) is 51.1 Å². The molecule has 1 fully saturated rings. The highest BCUT2D eigenvalue weighted by Crippen LogP contribution is 2.28. The van der Waals surface area contributed by atoms with E-state index in [0.29, 0.717) is 17.7 Å². The number of aromatic amines is 1. The number of nitrogens with zero attached hydrogens (tertiary/aromatic N) is 5. The predicted molar refractivity (Wildman–Crippen MR) is 118 cm³/mol. The molecular formula is C22H24N8. The second-order valence-corrected chi connectivity index (χ2v) is 7.75. The molecule has 0 aliphatic carbocycles. The molecule has 8 nitrogen and oxygen atoms in total. The molecule has 0 amide bonds. The fourth-order valence-corrected chi connectivity index (χ4v) is 4.08. The Labute approximate surface area is 174 Å². The zero-order chi connectivity index (χ0) is 20.5. The molecule has 1 aliphatic rings. The highest BCUT2D eigenvalue weighted by atomic mass is 15.3. The Balaban J connectivity index is 1.40. The summed E-state index contributed by atoms with van der Waals surface area (Å²) in [7, 11) is 0. The zero-order valence-corrected chi connectivity index (χ0v) is 16.8. The molecule has 1 atom stereocenters.